The maximum atomic E-state index is 12.3. The van der Waals surface area contributed by atoms with Crippen LogP contribution in [-0.2, 0) is 4.79 Å². The van der Waals surface area contributed by atoms with Crippen LogP contribution in [0.5, 0.6) is 0 Å². The summed E-state index contributed by atoms with van der Waals surface area (Å²) >= 11 is 0. The number of hydrogen-bond donors (Lipinski definition) is 1. The third-order valence-corrected chi connectivity index (χ3v) is 3.78. The molecular formula is C12H22N2O. The lowest BCUT2D eigenvalue weighted by molar-refractivity contribution is -0.136. The molecule has 15 heavy (non-hydrogen) atoms. The Labute approximate surface area is 92.2 Å². The molecule has 2 atom stereocenters. The van der Waals surface area contributed by atoms with E-state index in [4.69, 9.17) is 0 Å². The molecule has 3 nitrogen and oxygen atoms in total. The van der Waals surface area contributed by atoms with Crippen LogP contribution in [0.2, 0.25) is 0 Å². The van der Waals surface area contributed by atoms with Crippen molar-refractivity contribution in [2.75, 3.05) is 19.6 Å². The number of rotatable bonds is 2. The number of carbonyl (C=O) groups is 1. The second kappa shape index (κ2) is 4.97. The summed E-state index contributed by atoms with van der Waals surface area (Å²) in [5.41, 5.74) is 0. The van der Waals surface area contributed by atoms with E-state index in [-0.39, 0.29) is 5.92 Å². The molecule has 0 aliphatic carbocycles. The van der Waals surface area contributed by atoms with Gasteiger partial charge in [-0.3, -0.25) is 4.79 Å². The smallest absolute Gasteiger partial charge is 0.227 e. The van der Waals surface area contributed by atoms with Crippen molar-refractivity contribution in [2.24, 2.45) is 5.92 Å². The Morgan fingerprint density at radius 2 is 2.27 bits per heavy atom. The summed E-state index contributed by atoms with van der Waals surface area (Å²) in [7, 11) is 0. The normalized spacial score (nSPS) is 31.9. The summed E-state index contributed by atoms with van der Waals surface area (Å²) in [5.74, 6) is 0.664. The van der Waals surface area contributed by atoms with Gasteiger partial charge in [-0.2, -0.15) is 0 Å². The van der Waals surface area contributed by atoms with Crippen molar-refractivity contribution in [1.82, 2.24) is 10.2 Å². The molecule has 1 unspecified atom stereocenters. The van der Waals surface area contributed by atoms with Gasteiger partial charge in [-0.15, -0.1) is 0 Å². The van der Waals surface area contributed by atoms with E-state index in [2.05, 4.69) is 17.1 Å². The summed E-state index contributed by atoms with van der Waals surface area (Å²) in [5, 5.41) is 3.32. The van der Waals surface area contributed by atoms with E-state index in [1.54, 1.807) is 0 Å². The largest absolute Gasteiger partial charge is 0.339 e. The van der Waals surface area contributed by atoms with E-state index >= 15 is 0 Å². The number of likely N-dealkylation sites (tertiary alicyclic amines) is 1. The first-order valence-electron chi connectivity index (χ1n) is 6.34. The first-order valence-corrected chi connectivity index (χ1v) is 6.34. The van der Waals surface area contributed by atoms with Gasteiger partial charge in [0, 0.05) is 19.1 Å². The van der Waals surface area contributed by atoms with Gasteiger partial charge in [-0.05, 0) is 38.6 Å². The highest BCUT2D eigenvalue weighted by Crippen LogP contribution is 2.24. The first-order chi connectivity index (χ1) is 7.33. The molecule has 0 saturated carbocycles. The Kier molecular flexibility index (Phi) is 3.62. The molecular weight excluding hydrogens is 188 g/mol. The van der Waals surface area contributed by atoms with E-state index < -0.39 is 0 Å². The van der Waals surface area contributed by atoms with Gasteiger partial charge in [-0.25, -0.2) is 0 Å². The summed E-state index contributed by atoms with van der Waals surface area (Å²) in [6, 6.07) is 0.527. The van der Waals surface area contributed by atoms with Crippen molar-refractivity contribution < 1.29 is 4.79 Å². The van der Waals surface area contributed by atoms with Gasteiger partial charge in [0.2, 0.25) is 5.91 Å². The zero-order chi connectivity index (χ0) is 10.7. The third kappa shape index (κ3) is 2.33. The Balaban J connectivity index is 1.93. The van der Waals surface area contributed by atoms with Crippen molar-refractivity contribution in [3.8, 4) is 0 Å². The number of carbonyl (C=O) groups excluding carboxylic acids is 1. The highest BCUT2D eigenvalue weighted by atomic mass is 16.2. The molecule has 2 saturated heterocycles. The molecule has 2 fully saturated rings. The van der Waals surface area contributed by atoms with Gasteiger partial charge in [-0.1, -0.05) is 6.92 Å². The molecule has 1 N–H and O–H groups in total. The lowest BCUT2D eigenvalue weighted by atomic mass is 9.97. The molecule has 2 heterocycles. The first kappa shape index (κ1) is 10.9. The molecule has 0 aromatic rings. The fraction of sp³-hybridized carbons (Fsp3) is 0.917. The molecule has 2 aliphatic rings. The molecule has 2 aliphatic heterocycles. The zero-order valence-corrected chi connectivity index (χ0v) is 9.67. The number of nitrogens with zero attached hydrogens (tertiary/aromatic N) is 1. The van der Waals surface area contributed by atoms with Gasteiger partial charge in [0.1, 0.15) is 0 Å². The van der Waals surface area contributed by atoms with Crippen LogP contribution >= 0.6 is 0 Å². The van der Waals surface area contributed by atoms with Gasteiger partial charge in [0.15, 0.2) is 0 Å². The second-order valence-corrected chi connectivity index (χ2v) is 4.78. The third-order valence-electron chi connectivity index (χ3n) is 3.78. The van der Waals surface area contributed by atoms with Crippen molar-refractivity contribution in [3.63, 3.8) is 0 Å². The van der Waals surface area contributed by atoms with Gasteiger partial charge in [0.25, 0.3) is 0 Å². The molecule has 2 rings (SSSR count). The summed E-state index contributed by atoms with van der Waals surface area (Å²) in [6.45, 7) is 5.16. The number of piperidine rings is 1. The van der Waals surface area contributed by atoms with Crippen LogP contribution < -0.4 is 5.32 Å². The van der Waals surface area contributed by atoms with Gasteiger partial charge < -0.3 is 10.2 Å². The van der Waals surface area contributed by atoms with Crippen molar-refractivity contribution in [2.45, 2.75) is 45.1 Å². The molecule has 3 heteroatoms. The standard InChI is InChI=1S/C12H22N2O/c1-2-11-6-4-8-14(11)12(15)10-5-3-7-13-9-10/h10-11,13H,2-9H2,1H3/t10-,11?/m0/s1. The number of amides is 1. The average molecular weight is 210 g/mol. The van der Waals surface area contributed by atoms with Crippen LogP contribution in [0.1, 0.15) is 39.0 Å². The quantitative estimate of drug-likeness (QED) is 0.747. The SMILES string of the molecule is CCC1CCCN1C(=O)[C@H]1CCCNC1. The average Bonchev–Trinajstić information content (AvgIpc) is 2.77. The molecule has 0 aromatic carbocycles. The summed E-state index contributed by atoms with van der Waals surface area (Å²) in [6.07, 6.45) is 5.76. The molecule has 0 spiro atoms. The van der Waals surface area contributed by atoms with Crippen molar-refractivity contribution in [3.05, 3.63) is 0 Å². The monoisotopic (exact) mass is 210 g/mol. The van der Waals surface area contributed by atoms with Gasteiger partial charge >= 0.3 is 0 Å². The van der Waals surface area contributed by atoms with Crippen LogP contribution in [0.4, 0.5) is 0 Å². The lowest BCUT2D eigenvalue weighted by Crippen LogP contribution is -2.44. The minimum absolute atomic E-state index is 0.255. The molecule has 0 radical (unpaired) electrons. The predicted molar refractivity (Wildman–Crippen MR) is 60.6 cm³/mol. The van der Waals surface area contributed by atoms with E-state index in [0.29, 0.717) is 11.9 Å². The van der Waals surface area contributed by atoms with E-state index in [9.17, 15) is 4.79 Å². The summed E-state index contributed by atoms with van der Waals surface area (Å²) in [4.78, 5) is 14.4. The van der Waals surface area contributed by atoms with E-state index in [1.807, 2.05) is 0 Å². The summed E-state index contributed by atoms with van der Waals surface area (Å²) < 4.78 is 0. The van der Waals surface area contributed by atoms with E-state index in [1.165, 1.54) is 12.8 Å². The maximum absolute atomic E-state index is 12.3. The highest BCUT2D eigenvalue weighted by molar-refractivity contribution is 5.79. The second-order valence-electron chi connectivity index (χ2n) is 4.78. The van der Waals surface area contributed by atoms with Crippen LogP contribution in [-0.4, -0.2) is 36.5 Å². The molecule has 0 aromatic heterocycles. The zero-order valence-electron chi connectivity index (χ0n) is 9.67. The van der Waals surface area contributed by atoms with Crippen LogP contribution in [0.3, 0.4) is 0 Å². The van der Waals surface area contributed by atoms with Crippen LogP contribution in [0.25, 0.3) is 0 Å². The number of hydrogen-bond acceptors (Lipinski definition) is 2. The van der Waals surface area contributed by atoms with Gasteiger partial charge in [0.05, 0.1) is 5.92 Å². The number of nitrogens with one attached hydrogen (secondary N) is 1. The highest BCUT2D eigenvalue weighted by Gasteiger charge is 2.32. The van der Waals surface area contributed by atoms with E-state index in [0.717, 1.165) is 38.9 Å². The van der Waals surface area contributed by atoms with Crippen molar-refractivity contribution >= 4 is 5.91 Å². The Morgan fingerprint density at radius 1 is 1.40 bits per heavy atom. The minimum atomic E-state index is 0.255. The fourth-order valence-electron chi connectivity index (χ4n) is 2.85. The Bertz CT molecular complexity index is 224. The molecule has 1 amide bonds. The molecule has 86 valence electrons. The Morgan fingerprint density at radius 3 is 2.93 bits per heavy atom. The predicted octanol–water partition coefficient (Wildman–Crippen LogP) is 1.39. The van der Waals surface area contributed by atoms with Crippen LogP contribution in [0, 0.1) is 5.92 Å². The molecule has 0 bridgehead atoms. The maximum Gasteiger partial charge on any atom is 0.227 e. The van der Waals surface area contributed by atoms with Crippen LogP contribution in [0.15, 0.2) is 0 Å². The topological polar surface area (TPSA) is 32.3 Å². The fourth-order valence-corrected chi connectivity index (χ4v) is 2.85. The lowest BCUT2D eigenvalue weighted by Gasteiger charge is -2.30. The van der Waals surface area contributed by atoms with Crippen molar-refractivity contribution in [1.29, 1.82) is 0 Å². The Hall–Kier alpha value is -0.570. The minimum Gasteiger partial charge on any atom is -0.339 e.